The third-order valence-electron chi connectivity index (χ3n) is 22.3. The summed E-state index contributed by atoms with van der Waals surface area (Å²) in [5, 5.41) is 0. The standard InChI is InChI=1S/C79H79BN2/c1-46-25-17-18-26-50(46)48-38-70-72-71(39-48)82(67-44-61-60(37-47(67)2)73(3,4)35-36-74(61,5)6)68-41-52-51-27-19-20-28-53(51)75(7,8)59(52)42-65(68)80(72)66-43-63-64(79(15,16)57-32-24-23-31-56(57)78(63,13)14)45-69(66)81(70)49-33-34-58-62(40-49)77(11,12)55-30-22-21-29-54(55)76(58,9)10/h17-34,37-45H,35-36H2,1-16H3. The minimum Gasteiger partial charge on any atom is -0.311 e. The second-order valence-corrected chi connectivity index (χ2v) is 29.7. The predicted octanol–water partition coefficient (Wildman–Crippen LogP) is 18.6. The summed E-state index contributed by atoms with van der Waals surface area (Å²) >= 11 is 0. The maximum Gasteiger partial charge on any atom is 0.252 e. The van der Waals surface area contributed by atoms with Gasteiger partial charge in [0.15, 0.2) is 0 Å². The molecular formula is C79H79BN2. The molecule has 2 nitrogen and oxygen atoms in total. The van der Waals surface area contributed by atoms with Crippen LogP contribution in [0.2, 0.25) is 0 Å². The third kappa shape index (κ3) is 6.66. The lowest BCUT2D eigenvalue weighted by atomic mass is 9.32. The van der Waals surface area contributed by atoms with Gasteiger partial charge >= 0.3 is 0 Å². The van der Waals surface area contributed by atoms with Gasteiger partial charge in [0.1, 0.15) is 0 Å². The van der Waals surface area contributed by atoms with Gasteiger partial charge in [-0.1, -0.05) is 218 Å². The van der Waals surface area contributed by atoms with Crippen molar-refractivity contribution in [3.63, 3.8) is 0 Å². The van der Waals surface area contributed by atoms with E-state index in [0.29, 0.717) is 0 Å². The molecule has 3 heteroatoms. The van der Waals surface area contributed by atoms with Crippen molar-refractivity contribution in [2.24, 2.45) is 0 Å². The molecule has 0 saturated carbocycles. The summed E-state index contributed by atoms with van der Waals surface area (Å²) in [5.74, 6) is 0. The molecule has 0 spiro atoms. The van der Waals surface area contributed by atoms with Gasteiger partial charge in [-0.15, -0.1) is 0 Å². The first kappa shape index (κ1) is 51.5. The number of anilines is 6. The Labute approximate surface area is 489 Å². The largest absolute Gasteiger partial charge is 0.311 e. The zero-order chi connectivity index (χ0) is 57.3. The van der Waals surface area contributed by atoms with Gasteiger partial charge in [-0.3, -0.25) is 0 Å². The van der Waals surface area contributed by atoms with Crippen molar-refractivity contribution in [3.8, 4) is 22.3 Å². The Hall–Kier alpha value is -7.36. The Morgan fingerprint density at radius 1 is 0.305 bits per heavy atom. The molecule has 9 aromatic rings. The van der Waals surface area contributed by atoms with Gasteiger partial charge in [-0.25, -0.2) is 0 Å². The van der Waals surface area contributed by atoms with E-state index in [1.165, 1.54) is 157 Å². The Morgan fingerprint density at radius 2 is 0.732 bits per heavy atom. The van der Waals surface area contributed by atoms with Crippen molar-refractivity contribution in [1.82, 2.24) is 0 Å². The Morgan fingerprint density at radius 3 is 1.32 bits per heavy atom. The van der Waals surface area contributed by atoms with Gasteiger partial charge in [0, 0.05) is 61.2 Å². The highest BCUT2D eigenvalue weighted by molar-refractivity contribution is 7.00. The van der Waals surface area contributed by atoms with Crippen LogP contribution in [0, 0.1) is 13.8 Å². The number of rotatable bonds is 3. The Kier molecular flexibility index (Phi) is 10.3. The molecule has 0 N–H and O–H groups in total. The van der Waals surface area contributed by atoms with Crippen LogP contribution in [0.5, 0.6) is 0 Å². The van der Waals surface area contributed by atoms with Gasteiger partial charge in [0.05, 0.1) is 0 Å². The van der Waals surface area contributed by atoms with Crippen LogP contribution in [-0.4, -0.2) is 6.71 Å². The fourth-order valence-corrected chi connectivity index (χ4v) is 17.3. The highest BCUT2D eigenvalue weighted by atomic mass is 15.2. The molecule has 0 unspecified atom stereocenters. The van der Waals surface area contributed by atoms with E-state index in [-0.39, 0.29) is 44.6 Å². The number of fused-ring (bicyclic) bond motifs is 12. The maximum atomic E-state index is 2.76. The van der Waals surface area contributed by atoms with Crippen molar-refractivity contribution in [3.05, 3.63) is 242 Å². The first-order valence-electron chi connectivity index (χ1n) is 30.6. The van der Waals surface area contributed by atoms with Gasteiger partial charge in [0.2, 0.25) is 0 Å². The lowest BCUT2D eigenvalue weighted by Gasteiger charge is -2.49. The number of benzene rings is 9. The van der Waals surface area contributed by atoms with Crippen molar-refractivity contribution < 1.29 is 0 Å². The van der Waals surface area contributed by atoms with Crippen LogP contribution in [0.3, 0.4) is 0 Å². The molecule has 0 fully saturated rings. The normalized spacial score (nSPS) is 19.2. The summed E-state index contributed by atoms with van der Waals surface area (Å²) in [6, 6.07) is 65.5. The summed E-state index contributed by atoms with van der Waals surface area (Å²) in [5.41, 5.74) is 35.6. The molecule has 0 atom stereocenters. The van der Waals surface area contributed by atoms with Crippen molar-refractivity contribution in [2.45, 2.75) is 162 Å². The molecule has 0 aromatic heterocycles. The van der Waals surface area contributed by atoms with Crippen LogP contribution in [-0.2, 0) is 37.9 Å². The van der Waals surface area contributed by atoms with E-state index in [4.69, 9.17) is 0 Å². The van der Waals surface area contributed by atoms with E-state index in [0.717, 1.165) is 6.42 Å². The minimum atomic E-state index is -0.258. The second-order valence-electron chi connectivity index (χ2n) is 29.7. The predicted molar refractivity (Wildman–Crippen MR) is 350 cm³/mol. The molecule has 6 aliphatic rings. The van der Waals surface area contributed by atoms with Gasteiger partial charge < -0.3 is 9.80 Å². The minimum absolute atomic E-state index is 0.0150. The smallest absolute Gasteiger partial charge is 0.252 e. The first-order valence-corrected chi connectivity index (χ1v) is 30.6. The molecule has 4 aliphatic carbocycles. The highest BCUT2D eigenvalue weighted by Gasteiger charge is 2.51. The molecule has 0 radical (unpaired) electrons. The summed E-state index contributed by atoms with van der Waals surface area (Å²) in [6.07, 6.45) is 2.33. The lowest BCUT2D eigenvalue weighted by molar-refractivity contribution is 0.332. The molecular weight excluding hydrogens is 988 g/mol. The van der Waals surface area contributed by atoms with E-state index in [2.05, 4.69) is 284 Å². The fourth-order valence-electron chi connectivity index (χ4n) is 17.3. The van der Waals surface area contributed by atoms with Gasteiger partial charge in [-0.2, -0.15) is 0 Å². The molecule has 15 rings (SSSR count). The van der Waals surface area contributed by atoms with Crippen LogP contribution in [0.4, 0.5) is 34.1 Å². The Balaban J connectivity index is 1.11. The van der Waals surface area contributed by atoms with Crippen LogP contribution < -0.4 is 26.2 Å². The maximum absolute atomic E-state index is 2.76. The monoisotopic (exact) mass is 1070 g/mol. The van der Waals surface area contributed by atoms with E-state index in [1.54, 1.807) is 0 Å². The molecule has 2 heterocycles. The van der Waals surface area contributed by atoms with Crippen molar-refractivity contribution in [2.75, 3.05) is 9.80 Å². The van der Waals surface area contributed by atoms with Crippen molar-refractivity contribution >= 4 is 57.2 Å². The Bertz CT molecular complexity index is 4300. The SMILES string of the molecule is Cc1ccccc1-c1cc2c3c(c1)N(c1cc4c(cc1C)C(C)(C)CCC4(C)C)c1cc4c(cc1B3c1cc3c(cc1N2c1ccc2c(c1)C(C)(C)c1ccccc1C2(C)C)C(C)(C)c1ccccc1C3(C)C)C(C)(C)c1ccccc1-4. The quantitative estimate of drug-likeness (QED) is 0.163. The summed E-state index contributed by atoms with van der Waals surface area (Å²) < 4.78 is 0. The molecule has 0 saturated heterocycles. The van der Waals surface area contributed by atoms with Crippen LogP contribution >= 0.6 is 0 Å². The van der Waals surface area contributed by atoms with Crippen molar-refractivity contribution in [1.29, 1.82) is 0 Å². The number of nitrogens with zero attached hydrogens (tertiary/aromatic N) is 2. The number of hydrogen-bond acceptors (Lipinski definition) is 2. The van der Waals surface area contributed by atoms with E-state index in [9.17, 15) is 0 Å². The molecule has 82 heavy (non-hydrogen) atoms. The van der Waals surface area contributed by atoms with E-state index in [1.807, 2.05) is 0 Å². The highest BCUT2D eigenvalue weighted by Crippen LogP contribution is 2.58. The second kappa shape index (κ2) is 16.5. The lowest BCUT2D eigenvalue weighted by Crippen LogP contribution is -2.62. The molecule has 408 valence electrons. The topological polar surface area (TPSA) is 6.48 Å². The van der Waals surface area contributed by atoms with E-state index < -0.39 is 0 Å². The summed E-state index contributed by atoms with van der Waals surface area (Å²) in [4.78, 5) is 5.50. The fraction of sp³-hybridized carbons (Fsp3) is 0.316. The number of hydrogen-bond donors (Lipinski definition) is 0. The summed E-state index contributed by atoms with van der Waals surface area (Å²) in [6.45, 7) is 39.2. The molecule has 9 aromatic carbocycles. The van der Waals surface area contributed by atoms with Gasteiger partial charge in [0.25, 0.3) is 6.71 Å². The van der Waals surface area contributed by atoms with Crippen LogP contribution in [0.25, 0.3) is 22.3 Å². The zero-order valence-electron chi connectivity index (χ0n) is 51.5. The first-order chi connectivity index (χ1) is 38.8. The summed E-state index contributed by atoms with van der Waals surface area (Å²) in [7, 11) is 0. The van der Waals surface area contributed by atoms with Crippen LogP contribution in [0.1, 0.15) is 188 Å². The van der Waals surface area contributed by atoms with Gasteiger partial charge in [-0.05, 0) is 197 Å². The molecule has 0 bridgehead atoms. The van der Waals surface area contributed by atoms with Crippen LogP contribution in [0.15, 0.2) is 164 Å². The molecule has 2 aliphatic heterocycles. The average molecular weight is 1070 g/mol. The third-order valence-corrected chi connectivity index (χ3v) is 22.3. The number of aryl methyl sites for hydroxylation is 2. The average Bonchev–Trinajstić information content (AvgIpc) is 1.40. The molecule has 0 amide bonds. The zero-order valence-corrected chi connectivity index (χ0v) is 51.5. The van der Waals surface area contributed by atoms with E-state index >= 15 is 0 Å².